The van der Waals surface area contributed by atoms with Crippen molar-refractivity contribution in [3.05, 3.63) is 23.8 Å². The number of hydrogen-bond donors (Lipinski definition) is 1. The highest BCUT2D eigenvalue weighted by Gasteiger charge is 2.35. The van der Waals surface area contributed by atoms with E-state index in [0.717, 1.165) is 0 Å². The van der Waals surface area contributed by atoms with E-state index in [2.05, 4.69) is 5.32 Å². The van der Waals surface area contributed by atoms with E-state index in [4.69, 9.17) is 9.47 Å². The van der Waals surface area contributed by atoms with Gasteiger partial charge in [0.15, 0.2) is 11.5 Å². The number of carbonyl (C=O) groups is 3. The minimum atomic E-state index is -0.552. The summed E-state index contributed by atoms with van der Waals surface area (Å²) in [4.78, 5) is 42.2. The second kappa shape index (κ2) is 10.7. The number of hydrogen-bond acceptors (Lipinski definition) is 5. The van der Waals surface area contributed by atoms with E-state index in [1.165, 1.54) is 0 Å². The first-order chi connectivity index (χ1) is 15.3. The van der Waals surface area contributed by atoms with E-state index in [1.54, 1.807) is 23.1 Å². The minimum Gasteiger partial charge on any atom is -0.454 e. The van der Waals surface area contributed by atoms with Crippen molar-refractivity contribution in [2.45, 2.75) is 53.0 Å². The number of nitrogens with one attached hydrogen (secondary N) is 1. The van der Waals surface area contributed by atoms with Gasteiger partial charge in [-0.15, -0.1) is 0 Å². The Hall–Kier alpha value is -2.77. The van der Waals surface area contributed by atoms with Crippen LogP contribution >= 0.6 is 0 Å². The van der Waals surface area contributed by atoms with Crippen molar-refractivity contribution in [1.29, 1.82) is 0 Å². The first kappa shape index (κ1) is 23.9. The Morgan fingerprint density at radius 1 is 1.09 bits per heavy atom. The maximum atomic E-state index is 13.2. The predicted molar refractivity (Wildman–Crippen MR) is 121 cm³/mol. The molecular formula is C24H35N3O5. The Morgan fingerprint density at radius 2 is 1.75 bits per heavy atom. The normalized spacial score (nSPS) is 16.7. The number of nitrogens with zero attached hydrogens (tertiary/aromatic N) is 2. The van der Waals surface area contributed by atoms with Crippen molar-refractivity contribution in [2.75, 3.05) is 33.0 Å². The third-order valence-electron chi connectivity index (χ3n) is 6.17. The number of amides is 3. The lowest BCUT2D eigenvalue weighted by Gasteiger charge is -2.37. The maximum absolute atomic E-state index is 13.2. The van der Waals surface area contributed by atoms with Gasteiger partial charge in [0.1, 0.15) is 6.04 Å². The highest BCUT2D eigenvalue weighted by molar-refractivity contribution is 5.95. The van der Waals surface area contributed by atoms with E-state index in [1.807, 2.05) is 32.6 Å². The Bertz CT molecular complexity index is 829. The average molecular weight is 446 g/mol. The first-order valence-electron chi connectivity index (χ1n) is 11.6. The summed E-state index contributed by atoms with van der Waals surface area (Å²) < 4.78 is 10.7. The molecule has 3 amide bonds. The van der Waals surface area contributed by atoms with Crippen LogP contribution in [0.1, 0.15) is 57.3 Å². The Kier molecular flexibility index (Phi) is 7.99. The molecule has 0 radical (unpaired) electrons. The van der Waals surface area contributed by atoms with Crippen molar-refractivity contribution >= 4 is 17.7 Å². The summed E-state index contributed by atoms with van der Waals surface area (Å²) in [6, 6.07) is 4.67. The fourth-order valence-electron chi connectivity index (χ4n) is 4.36. The molecule has 176 valence electrons. The molecule has 1 fully saturated rings. The molecule has 2 aliphatic rings. The van der Waals surface area contributed by atoms with Crippen LogP contribution in [0.4, 0.5) is 0 Å². The van der Waals surface area contributed by atoms with E-state index in [9.17, 15) is 14.4 Å². The second-order valence-electron chi connectivity index (χ2n) is 8.85. The van der Waals surface area contributed by atoms with Gasteiger partial charge < -0.3 is 24.6 Å². The van der Waals surface area contributed by atoms with Crippen LogP contribution in [0.2, 0.25) is 0 Å². The van der Waals surface area contributed by atoms with E-state index < -0.39 is 6.04 Å². The molecule has 0 aromatic heterocycles. The quantitative estimate of drug-likeness (QED) is 0.665. The van der Waals surface area contributed by atoms with Crippen LogP contribution in [-0.2, 0) is 9.59 Å². The number of ether oxygens (including phenoxy) is 2. The van der Waals surface area contributed by atoms with Crippen LogP contribution < -0.4 is 14.8 Å². The third-order valence-corrected chi connectivity index (χ3v) is 6.17. The summed E-state index contributed by atoms with van der Waals surface area (Å²) in [5.41, 5.74) is 0.564. The number of benzene rings is 1. The predicted octanol–water partition coefficient (Wildman–Crippen LogP) is 2.67. The van der Waals surface area contributed by atoms with Crippen LogP contribution in [-0.4, -0.2) is 66.5 Å². The smallest absolute Gasteiger partial charge is 0.253 e. The lowest BCUT2D eigenvalue weighted by atomic mass is 9.87. The van der Waals surface area contributed by atoms with Crippen molar-refractivity contribution in [3.8, 4) is 11.5 Å². The molecule has 32 heavy (non-hydrogen) atoms. The lowest BCUT2D eigenvalue weighted by molar-refractivity contribution is -0.138. The zero-order chi connectivity index (χ0) is 23.3. The summed E-state index contributed by atoms with van der Waals surface area (Å²) in [5.74, 6) is 1.27. The molecule has 2 aliphatic heterocycles. The Morgan fingerprint density at radius 3 is 2.38 bits per heavy atom. The molecule has 1 N–H and O–H groups in total. The number of likely N-dealkylation sites (tertiary alicyclic amines) is 1. The molecule has 8 heteroatoms. The van der Waals surface area contributed by atoms with Crippen LogP contribution in [0, 0.1) is 11.8 Å². The van der Waals surface area contributed by atoms with Crippen molar-refractivity contribution in [2.24, 2.45) is 11.8 Å². The number of fused-ring (bicyclic) bond motifs is 1. The molecule has 1 aromatic rings. The van der Waals surface area contributed by atoms with Gasteiger partial charge in [0.05, 0.1) is 0 Å². The molecule has 3 rings (SSSR count). The fourth-order valence-corrected chi connectivity index (χ4v) is 4.36. The van der Waals surface area contributed by atoms with Crippen LogP contribution in [0.5, 0.6) is 11.5 Å². The summed E-state index contributed by atoms with van der Waals surface area (Å²) in [5, 5.41) is 3.01. The number of carbonyl (C=O) groups excluding carboxylic acids is 3. The summed E-state index contributed by atoms with van der Waals surface area (Å²) in [6.45, 7) is 10.3. The molecule has 8 nitrogen and oxygen atoms in total. The molecule has 0 spiro atoms. The highest BCUT2D eigenvalue weighted by atomic mass is 16.7. The summed E-state index contributed by atoms with van der Waals surface area (Å²) in [6.07, 6.45) is 1.72. The lowest BCUT2D eigenvalue weighted by Crippen LogP contribution is -2.54. The zero-order valence-corrected chi connectivity index (χ0v) is 19.6. The van der Waals surface area contributed by atoms with Crippen molar-refractivity contribution in [3.63, 3.8) is 0 Å². The van der Waals surface area contributed by atoms with Crippen LogP contribution in [0.25, 0.3) is 0 Å². The molecule has 0 saturated carbocycles. The van der Waals surface area contributed by atoms with Gasteiger partial charge in [-0.1, -0.05) is 13.8 Å². The maximum Gasteiger partial charge on any atom is 0.253 e. The van der Waals surface area contributed by atoms with Gasteiger partial charge in [-0.05, 0) is 56.7 Å². The molecular weight excluding hydrogens is 410 g/mol. The van der Waals surface area contributed by atoms with Gasteiger partial charge in [0.25, 0.3) is 5.91 Å². The largest absolute Gasteiger partial charge is 0.454 e. The molecule has 1 saturated heterocycles. The van der Waals surface area contributed by atoms with Gasteiger partial charge in [-0.25, -0.2) is 0 Å². The second-order valence-corrected chi connectivity index (χ2v) is 8.85. The van der Waals surface area contributed by atoms with Gasteiger partial charge >= 0.3 is 0 Å². The highest BCUT2D eigenvalue weighted by Crippen LogP contribution is 2.33. The van der Waals surface area contributed by atoms with Gasteiger partial charge in [-0.3, -0.25) is 14.4 Å². The number of likely N-dealkylation sites (N-methyl/N-ethyl adjacent to an activating group) is 1. The van der Waals surface area contributed by atoms with E-state index >= 15 is 0 Å². The molecule has 1 atom stereocenters. The van der Waals surface area contributed by atoms with Gasteiger partial charge in [0.2, 0.25) is 18.6 Å². The third kappa shape index (κ3) is 5.53. The standard InChI is InChI=1S/C24H35N3O5/c1-5-26(6-2)24(30)22(25-21(28)13-16(3)4)17-9-11-27(12-10-17)23(29)18-7-8-19-20(14-18)32-15-31-19/h7-8,14,16-17,22H,5-6,9-13,15H2,1-4H3,(H,25,28). The zero-order valence-electron chi connectivity index (χ0n) is 19.6. The molecule has 0 bridgehead atoms. The van der Waals surface area contributed by atoms with Gasteiger partial charge in [-0.2, -0.15) is 0 Å². The first-order valence-corrected chi connectivity index (χ1v) is 11.6. The van der Waals surface area contributed by atoms with Crippen LogP contribution in [0.15, 0.2) is 18.2 Å². The van der Waals surface area contributed by atoms with E-state index in [-0.39, 0.29) is 36.4 Å². The Labute approximate surface area is 190 Å². The fraction of sp³-hybridized carbons (Fsp3) is 0.625. The Balaban J connectivity index is 1.66. The molecule has 2 heterocycles. The number of rotatable bonds is 8. The minimum absolute atomic E-state index is 0.0000150. The molecule has 0 aliphatic carbocycles. The van der Waals surface area contributed by atoms with Crippen LogP contribution in [0.3, 0.4) is 0 Å². The summed E-state index contributed by atoms with van der Waals surface area (Å²) in [7, 11) is 0. The molecule has 1 unspecified atom stereocenters. The molecule has 1 aromatic carbocycles. The monoisotopic (exact) mass is 445 g/mol. The summed E-state index contributed by atoms with van der Waals surface area (Å²) >= 11 is 0. The van der Waals surface area contributed by atoms with E-state index in [0.29, 0.717) is 62.5 Å². The van der Waals surface area contributed by atoms with Crippen molar-refractivity contribution < 1.29 is 23.9 Å². The van der Waals surface area contributed by atoms with Crippen molar-refractivity contribution in [1.82, 2.24) is 15.1 Å². The average Bonchev–Trinajstić information content (AvgIpc) is 3.25. The van der Waals surface area contributed by atoms with Gasteiger partial charge in [0, 0.05) is 38.2 Å². The SMILES string of the molecule is CCN(CC)C(=O)C(NC(=O)CC(C)C)C1CCN(C(=O)c2ccc3c(c2)OCO3)CC1. The number of piperidine rings is 1. The topological polar surface area (TPSA) is 88.2 Å².